The quantitative estimate of drug-likeness (QED) is 0.412. The topological polar surface area (TPSA) is 75.3 Å². The molecule has 0 heterocycles. The van der Waals surface area contributed by atoms with E-state index < -0.39 is 17.4 Å². The molecule has 0 aliphatic rings. The van der Waals surface area contributed by atoms with Crippen molar-refractivity contribution in [1.82, 2.24) is 10.6 Å². The third kappa shape index (κ3) is 3.68. The summed E-state index contributed by atoms with van der Waals surface area (Å²) in [5, 5.41) is 4.47. The maximum absolute atomic E-state index is 12.1. The zero-order valence-electron chi connectivity index (χ0n) is 11.3. The zero-order chi connectivity index (χ0) is 14.2. The summed E-state index contributed by atoms with van der Waals surface area (Å²) in [5.41, 5.74) is -1.22. The van der Waals surface area contributed by atoms with Crippen LogP contribution < -0.4 is 10.6 Å². The van der Waals surface area contributed by atoms with E-state index in [1.54, 1.807) is 0 Å². The summed E-state index contributed by atoms with van der Waals surface area (Å²) < 4.78 is 0. The molecule has 0 saturated carbocycles. The summed E-state index contributed by atoms with van der Waals surface area (Å²) in [7, 11) is 1.41. The second-order valence-corrected chi connectivity index (χ2v) is 4.37. The van der Waals surface area contributed by atoms with Crippen LogP contribution in [0.15, 0.2) is 12.7 Å². The minimum absolute atomic E-state index is 0.150. The Kier molecular flexibility index (Phi) is 6.93. The van der Waals surface area contributed by atoms with Crippen molar-refractivity contribution in [3.05, 3.63) is 12.7 Å². The predicted octanol–water partition coefficient (Wildman–Crippen LogP) is 1.64. The van der Waals surface area contributed by atoms with Gasteiger partial charge in [0, 0.05) is 7.05 Å². The molecule has 5 heteroatoms. The molecule has 2 atom stereocenters. The molecular formula is C13H22N2O3. The molecular weight excluding hydrogens is 232 g/mol. The Labute approximate surface area is 108 Å². The lowest BCUT2D eigenvalue weighted by Crippen LogP contribution is -2.50. The zero-order valence-corrected chi connectivity index (χ0v) is 11.3. The SMILES string of the molecule is C=CCC(C=O)(C(=O)NC(=O)NC)C(C)CCC. The summed E-state index contributed by atoms with van der Waals surface area (Å²) in [6.07, 6.45) is 3.98. The van der Waals surface area contributed by atoms with Crippen molar-refractivity contribution in [2.75, 3.05) is 7.05 Å². The predicted molar refractivity (Wildman–Crippen MR) is 70.0 cm³/mol. The third-order valence-corrected chi connectivity index (χ3v) is 3.17. The molecule has 0 rings (SSSR count). The van der Waals surface area contributed by atoms with Gasteiger partial charge in [-0.1, -0.05) is 26.3 Å². The van der Waals surface area contributed by atoms with E-state index in [9.17, 15) is 14.4 Å². The summed E-state index contributed by atoms with van der Waals surface area (Å²) in [5.74, 6) is -0.722. The number of carbonyl (C=O) groups is 3. The smallest absolute Gasteiger partial charge is 0.321 e. The number of rotatable bonds is 7. The average Bonchev–Trinajstić information content (AvgIpc) is 2.35. The lowest BCUT2D eigenvalue weighted by Gasteiger charge is -2.31. The Bertz CT molecular complexity index is 328. The van der Waals surface area contributed by atoms with Crippen LogP contribution in [0.4, 0.5) is 4.79 Å². The first kappa shape index (κ1) is 16.4. The molecule has 2 unspecified atom stereocenters. The van der Waals surface area contributed by atoms with Crippen molar-refractivity contribution < 1.29 is 14.4 Å². The van der Waals surface area contributed by atoms with E-state index in [1.807, 2.05) is 13.8 Å². The number of hydrogen-bond acceptors (Lipinski definition) is 3. The van der Waals surface area contributed by atoms with E-state index in [0.29, 0.717) is 6.29 Å². The maximum atomic E-state index is 12.1. The number of carbonyl (C=O) groups excluding carboxylic acids is 3. The van der Waals surface area contributed by atoms with Gasteiger partial charge in [0.15, 0.2) is 0 Å². The van der Waals surface area contributed by atoms with Crippen molar-refractivity contribution in [3.63, 3.8) is 0 Å². The Morgan fingerprint density at radius 1 is 1.44 bits per heavy atom. The first-order chi connectivity index (χ1) is 8.48. The van der Waals surface area contributed by atoms with E-state index in [1.165, 1.54) is 13.1 Å². The van der Waals surface area contributed by atoms with Gasteiger partial charge in [0.05, 0.1) is 0 Å². The Morgan fingerprint density at radius 3 is 2.44 bits per heavy atom. The number of imide groups is 1. The third-order valence-electron chi connectivity index (χ3n) is 3.17. The summed E-state index contributed by atoms with van der Waals surface area (Å²) in [6, 6.07) is -0.612. The average molecular weight is 254 g/mol. The fourth-order valence-electron chi connectivity index (χ4n) is 1.95. The molecule has 0 aliphatic carbocycles. The second-order valence-electron chi connectivity index (χ2n) is 4.37. The molecule has 0 aromatic carbocycles. The van der Waals surface area contributed by atoms with Crippen molar-refractivity contribution in [1.29, 1.82) is 0 Å². The second kappa shape index (κ2) is 7.63. The van der Waals surface area contributed by atoms with Gasteiger partial charge in [-0.15, -0.1) is 6.58 Å². The van der Waals surface area contributed by atoms with Gasteiger partial charge in [-0.25, -0.2) is 4.79 Å². The highest BCUT2D eigenvalue weighted by molar-refractivity contribution is 6.04. The highest BCUT2D eigenvalue weighted by Gasteiger charge is 2.42. The largest absolute Gasteiger partial charge is 0.341 e. The van der Waals surface area contributed by atoms with E-state index in [2.05, 4.69) is 17.2 Å². The molecule has 0 fully saturated rings. The highest BCUT2D eigenvalue weighted by Crippen LogP contribution is 2.33. The normalized spacial score (nSPS) is 15.1. The van der Waals surface area contributed by atoms with Crippen LogP contribution >= 0.6 is 0 Å². The number of aldehydes is 1. The molecule has 5 nitrogen and oxygen atoms in total. The molecule has 0 radical (unpaired) electrons. The van der Waals surface area contributed by atoms with Crippen LogP contribution in [0.1, 0.15) is 33.1 Å². The molecule has 0 aromatic rings. The molecule has 3 amide bonds. The molecule has 18 heavy (non-hydrogen) atoms. The molecule has 2 N–H and O–H groups in total. The maximum Gasteiger partial charge on any atom is 0.321 e. The summed E-state index contributed by atoms with van der Waals surface area (Å²) >= 11 is 0. The van der Waals surface area contributed by atoms with Gasteiger partial charge in [0.1, 0.15) is 11.7 Å². The van der Waals surface area contributed by atoms with Crippen LogP contribution in [0.3, 0.4) is 0 Å². The molecule has 0 spiro atoms. The van der Waals surface area contributed by atoms with Gasteiger partial charge in [-0.2, -0.15) is 0 Å². The number of allylic oxidation sites excluding steroid dienone is 1. The van der Waals surface area contributed by atoms with Crippen LogP contribution in [-0.2, 0) is 9.59 Å². The van der Waals surface area contributed by atoms with Gasteiger partial charge in [-0.3, -0.25) is 10.1 Å². The van der Waals surface area contributed by atoms with Crippen LogP contribution in [0.2, 0.25) is 0 Å². The monoisotopic (exact) mass is 254 g/mol. The van der Waals surface area contributed by atoms with Crippen molar-refractivity contribution in [2.24, 2.45) is 11.3 Å². The van der Waals surface area contributed by atoms with Gasteiger partial charge in [0.25, 0.3) is 0 Å². The lowest BCUT2D eigenvalue weighted by atomic mass is 9.72. The molecule has 0 aliphatic heterocycles. The fraction of sp³-hybridized carbons (Fsp3) is 0.615. The minimum atomic E-state index is -1.22. The van der Waals surface area contributed by atoms with Crippen LogP contribution in [-0.4, -0.2) is 25.3 Å². The van der Waals surface area contributed by atoms with E-state index >= 15 is 0 Å². The van der Waals surface area contributed by atoms with Crippen LogP contribution in [0, 0.1) is 11.3 Å². The first-order valence-electron chi connectivity index (χ1n) is 6.08. The Hall–Kier alpha value is -1.65. The van der Waals surface area contributed by atoms with Crippen molar-refractivity contribution in [2.45, 2.75) is 33.1 Å². The highest BCUT2D eigenvalue weighted by atomic mass is 16.2. The molecule has 102 valence electrons. The molecule has 0 aromatic heterocycles. The van der Waals surface area contributed by atoms with Crippen LogP contribution in [0.5, 0.6) is 0 Å². The first-order valence-corrected chi connectivity index (χ1v) is 6.08. The van der Waals surface area contributed by atoms with Gasteiger partial charge in [-0.05, 0) is 18.8 Å². The van der Waals surface area contributed by atoms with Crippen molar-refractivity contribution in [3.8, 4) is 0 Å². The number of nitrogens with one attached hydrogen (secondary N) is 2. The Balaban J connectivity index is 5.17. The Morgan fingerprint density at radius 2 is 2.06 bits per heavy atom. The number of hydrogen-bond donors (Lipinski definition) is 2. The number of amides is 3. The summed E-state index contributed by atoms with van der Waals surface area (Å²) in [6.45, 7) is 7.40. The molecule has 0 saturated heterocycles. The van der Waals surface area contributed by atoms with Gasteiger partial charge < -0.3 is 10.1 Å². The standard InChI is InChI=1S/C13H22N2O3/c1-5-7-10(3)13(9-16,8-6-2)11(17)15-12(18)14-4/h6,9-10H,2,5,7-8H2,1,3-4H3,(H2,14,15,17,18). The van der Waals surface area contributed by atoms with E-state index in [-0.39, 0.29) is 12.3 Å². The van der Waals surface area contributed by atoms with Crippen molar-refractivity contribution >= 4 is 18.2 Å². The van der Waals surface area contributed by atoms with Gasteiger partial charge in [0.2, 0.25) is 5.91 Å². The molecule has 0 bridgehead atoms. The van der Waals surface area contributed by atoms with E-state index in [0.717, 1.165) is 12.8 Å². The lowest BCUT2D eigenvalue weighted by molar-refractivity contribution is -0.138. The summed E-state index contributed by atoms with van der Waals surface area (Å²) in [4.78, 5) is 34.7. The number of urea groups is 1. The van der Waals surface area contributed by atoms with E-state index in [4.69, 9.17) is 0 Å². The van der Waals surface area contributed by atoms with Crippen LogP contribution in [0.25, 0.3) is 0 Å². The minimum Gasteiger partial charge on any atom is -0.341 e. The fourth-order valence-corrected chi connectivity index (χ4v) is 1.95. The van der Waals surface area contributed by atoms with Gasteiger partial charge >= 0.3 is 6.03 Å².